The van der Waals surface area contributed by atoms with Crippen molar-refractivity contribution < 1.29 is 13.9 Å². The molecule has 5 nitrogen and oxygen atoms in total. The van der Waals surface area contributed by atoms with Crippen molar-refractivity contribution >= 4 is 11.6 Å². The van der Waals surface area contributed by atoms with Crippen LogP contribution in [0.5, 0.6) is 0 Å². The monoisotopic (exact) mass is 281 g/mol. The number of hydrazine groups is 1. The first-order chi connectivity index (χ1) is 9.63. The Morgan fingerprint density at radius 1 is 1.55 bits per heavy atom. The van der Waals surface area contributed by atoms with Gasteiger partial charge in [-0.2, -0.15) is 0 Å². The molecule has 1 aromatic rings. The average Bonchev–Trinajstić information content (AvgIpc) is 2.92. The van der Waals surface area contributed by atoms with Gasteiger partial charge >= 0.3 is 0 Å². The van der Waals surface area contributed by atoms with Crippen molar-refractivity contribution in [3.05, 3.63) is 30.1 Å². The number of amides is 1. The van der Waals surface area contributed by atoms with Gasteiger partial charge in [0.2, 0.25) is 0 Å². The number of nitrogens with one attached hydrogen (secondary N) is 1. The van der Waals surface area contributed by atoms with Crippen LogP contribution in [0, 0.1) is 5.82 Å². The van der Waals surface area contributed by atoms with Crippen LogP contribution in [0.25, 0.3) is 0 Å². The molecular formula is C14H20FN3O2. The van der Waals surface area contributed by atoms with Gasteiger partial charge in [0, 0.05) is 18.8 Å². The molecule has 0 spiro atoms. The zero-order chi connectivity index (χ0) is 14.5. The topological polar surface area (TPSA) is 67.6 Å². The van der Waals surface area contributed by atoms with Crippen LogP contribution in [0.2, 0.25) is 0 Å². The number of carbonyl (C=O) groups is 1. The molecule has 110 valence electrons. The molecule has 1 heterocycles. The number of nitrogens with zero attached hydrogens (tertiary/aromatic N) is 1. The number of halogens is 1. The van der Waals surface area contributed by atoms with Gasteiger partial charge in [-0.3, -0.25) is 10.2 Å². The minimum Gasteiger partial charge on any atom is -0.369 e. The van der Waals surface area contributed by atoms with E-state index in [2.05, 4.69) is 5.43 Å². The summed E-state index contributed by atoms with van der Waals surface area (Å²) < 4.78 is 18.9. The predicted molar refractivity (Wildman–Crippen MR) is 74.5 cm³/mol. The lowest BCUT2D eigenvalue weighted by Crippen LogP contribution is -2.40. The SMILES string of the molecule is CCN(CC1CCC(C(=O)NN)O1)c1cccc(F)c1. The highest BCUT2D eigenvalue weighted by atomic mass is 19.1. The van der Waals surface area contributed by atoms with Crippen LogP contribution in [0.1, 0.15) is 19.8 Å². The lowest BCUT2D eigenvalue weighted by atomic mass is 10.1. The smallest absolute Gasteiger partial charge is 0.263 e. The summed E-state index contributed by atoms with van der Waals surface area (Å²) in [5.74, 6) is 4.55. The minimum atomic E-state index is -0.476. The third-order valence-electron chi connectivity index (χ3n) is 3.52. The van der Waals surface area contributed by atoms with Gasteiger partial charge in [-0.1, -0.05) is 6.07 Å². The Morgan fingerprint density at radius 2 is 2.35 bits per heavy atom. The van der Waals surface area contributed by atoms with E-state index in [4.69, 9.17) is 10.6 Å². The molecule has 2 atom stereocenters. The van der Waals surface area contributed by atoms with Gasteiger partial charge < -0.3 is 9.64 Å². The van der Waals surface area contributed by atoms with E-state index >= 15 is 0 Å². The third-order valence-corrected chi connectivity index (χ3v) is 3.52. The fraction of sp³-hybridized carbons (Fsp3) is 0.500. The van der Waals surface area contributed by atoms with Gasteiger partial charge in [0.15, 0.2) is 0 Å². The lowest BCUT2D eigenvalue weighted by molar-refractivity contribution is -0.131. The van der Waals surface area contributed by atoms with Crippen LogP contribution in [-0.2, 0) is 9.53 Å². The maximum atomic E-state index is 13.3. The summed E-state index contributed by atoms with van der Waals surface area (Å²) in [5, 5.41) is 0. The Kier molecular flexibility index (Phi) is 4.92. The fourth-order valence-electron chi connectivity index (χ4n) is 2.46. The number of nitrogens with two attached hydrogens (primary N) is 1. The molecule has 1 amide bonds. The summed E-state index contributed by atoms with van der Waals surface area (Å²) in [5.41, 5.74) is 2.93. The van der Waals surface area contributed by atoms with Gasteiger partial charge in [-0.25, -0.2) is 10.2 Å². The third kappa shape index (κ3) is 3.46. The second-order valence-corrected chi connectivity index (χ2v) is 4.85. The van der Waals surface area contributed by atoms with Crippen molar-refractivity contribution in [2.45, 2.75) is 32.0 Å². The van der Waals surface area contributed by atoms with Crippen LogP contribution in [0.15, 0.2) is 24.3 Å². The number of hydrogen-bond acceptors (Lipinski definition) is 4. The summed E-state index contributed by atoms with van der Waals surface area (Å²) in [7, 11) is 0. The standard InChI is InChI=1S/C14H20FN3O2/c1-2-18(11-5-3-4-10(15)8-11)9-12-6-7-13(20-12)14(19)17-16/h3-5,8,12-13H,2,6-7,9,16H2,1H3,(H,17,19). The summed E-state index contributed by atoms with van der Waals surface area (Å²) in [6, 6.07) is 6.48. The first kappa shape index (κ1) is 14.7. The Balaban J connectivity index is 1.96. The Hall–Kier alpha value is -1.66. The van der Waals surface area contributed by atoms with Crippen LogP contribution in [0.3, 0.4) is 0 Å². The molecule has 1 aromatic carbocycles. The van der Waals surface area contributed by atoms with E-state index in [1.54, 1.807) is 6.07 Å². The van der Waals surface area contributed by atoms with Crippen LogP contribution >= 0.6 is 0 Å². The number of likely N-dealkylation sites (N-methyl/N-ethyl adjacent to an activating group) is 1. The molecule has 1 saturated heterocycles. The van der Waals surface area contributed by atoms with Crippen molar-refractivity contribution in [2.75, 3.05) is 18.0 Å². The zero-order valence-corrected chi connectivity index (χ0v) is 11.5. The summed E-state index contributed by atoms with van der Waals surface area (Å²) >= 11 is 0. The van der Waals surface area contributed by atoms with Gasteiger partial charge in [0.1, 0.15) is 11.9 Å². The molecule has 0 radical (unpaired) electrons. The highest BCUT2D eigenvalue weighted by Crippen LogP contribution is 2.23. The molecule has 0 bridgehead atoms. The fourth-order valence-corrected chi connectivity index (χ4v) is 2.46. The molecule has 0 saturated carbocycles. The van der Waals surface area contributed by atoms with E-state index in [1.807, 2.05) is 17.9 Å². The van der Waals surface area contributed by atoms with Crippen LogP contribution < -0.4 is 16.2 Å². The van der Waals surface area contributed by atoms with Gasteiger partial charge in [0.05, 0.1) is 6.10 Å². The highest BCUT2D eigenvalue weighted by Gasteiger charge is 2.31. The molecule has 1 aliphatic heterocycles. The van der Waals surface area contributed by atoms with E-state index in [0.717, 1.165) is 18.7 Å². The normalized spacial score (nSPS) is 21.8. The summed E-state index contributed by atoms with van der Waals surface area (Å²) in [6.45, 7) is 3.38. The summed E-state index contributed by atoms with van der Waals surface area (Å²) in [6.07, 6.45) is 0.940. The van der Waals surface area contributed by atoms with Crippen molar-refractivity contribution in [1.82, 2.24) is 5.43 Å². The highest BCUT2D eigenvalue weighted by molar-refractivity contribution is 5.80. The second kappa shape index (κ2) is 6.67. The molecule has 2 unspecified atom stereocenters. The van der Waals surface area contributed by atoms with E-state index in [9.17, 15) is 9.18 Å². The lowest BCUT2D eigenvalue weighted by Gasteiger charge is -2.26. The molecule has 3 N–H and O–H groups in total. The van der Waals surface area contributed by atoms with Crippen molar-refractivity contribution in [1.29, 1.82) is 0 Å². The molecule has 1 aliphatic rings. The quantitative estimate of drug-likeness (QED) is 0.483. The predicted octanol–water partition coefficient (Wildman–Crippen LogP) is 1.19. The van der Waals surface area contributed by atoms with Crippen molar-refractivity contribution in [2.24, 2.45) is 5.84 Å². The largest absolute Gasteiger partial charge is 0.369 e. The second-order valence-electron chi connectivity index (χ2n) is 4.85. The average molecular weight is 281 g/mol. The number of rotatable bonds is 5. The molecule has 20 heavy (non-hydrogen) atoms. The first-order valence-corrected chi connectivity index (χ1v) is 6.80. The number of hydrogen-bond donors (Lipinski definition) is 2. The Bertz CT molecular complexity index is 469. The summed E-state index contributed by atoms with van der Waals surface area (Å²) in [4.78, 5) is 13.4. The van der Waals surface area contributed by atoms with Crippen molar-refractivity contribution in [3.8, 4) is 0 Å². The van der Waals surface area contributed by atoms with Gasteiger partial charge in [-0.05, 0) is 38.0 Å². The molecule has 1 fully saturated rings. The van der Waals surface area contributed by atoms with E-state index in [0.29, 0.717) is 13.0 Å². The van der Waals surface area contributed by atoms with Crippen molar-refractivity contribution in [3.63, 3.8) is 0 Å². The van der Waals surface area contributed by atoms with E-state index in [1.165, 1.54) is 12.1 Å². The first-order valence-electron chi connectivity index (χ1n) is 6.80. The molecule has 0 aromatic heterocycles. The van der Waals surface area contributed by atoms with Crippen LogP contribution in [-0.4, -0.2) is 31.2 Å². The number of ether oxygens (including phenoxy) is 1. The number of carbonyl (C=O) groups excluding carboxylic acids is 1. The van der Waals surface area contributed by atoms with Crippen LogP contribution in [0.4, 0.5) is 10.1 Å². The molecular weight excluding hydrogens is 261 g/mol. The Labute approximate surface area is 117 Å². The molecule has 6 heteroatoms. The van der Waals surface area contributed by atoms with E-state index in [-0.39, 0.29) is 17.8 Å². The van der Waals surface area contributed by atoms with Gasteiger partial charge in [0.25, 0.3) is 5.91 Å². The maximum Gasteiger partial charge on any atom is 0.263 e. The molecule has 2 rings (SSSR count). The number of anilines is 1. The Morgan fingerprint density at radius 3 is 3.00 bits per heavy atom. The van der Waals surface area contributed by atoms with Gasteiger partial charge in [-0.15, -0.1) is 0 Å². The van der Waals surface area contributed by atoms with E-state index < -0.39 is 6.10 Å². The molecule has 0 aliphatic carbocycles. The maximum absolute atomic E-state index is 13.3. The number of benzene rings is 1. The minimum absolute atomic E-state index is 0.0412. The zero-order valence-electron chi connectivity index (χ0n) is 11.5.